The van der Waals surface area contributed by atoms with Crippen molar-refractivity contribution < 1.29 is 0 Å². The van der Waals surface area contributed by atoms with E-state index in [9.17, 15) is 0 Å². The molecule has 0 spiro atoms. The number of allylic oxidation sites excluding steroid dienone is 3. The van der Waals surface area contributed by atoms with Crippen molar-refractivity contribution in [2.24, 2.45) is 15.9 Å². The number of hydrogen-bond acceptors (Lipinski definition) is 2. The van der Waals surface area contributed by atoms with Crippen LogP contribution in [0.3, 0.4) is 0 Å². The molecule has 6 aromatic rings. The summed E-state index contributed by atoms with van der Waals surface area (Å²) in [5.74, 6) is 0.947. The zero-order valence-corrected chi connectivity index (χ0v) is 21.3. The van der Waals surface area contributed by atoms with Gasteiger partial charge in [0.15, 0.2) is 5.84 Å². The van der Waals surface area contributed by atoms with Gasteiger partial charge in [-0.2, -0.15) is 0 Å². The second kappa shape index (κ2) is 8.78. The summed E-state index contributed by atoms with van der Waals surface area (Å²) in [6.07, 6.45) is 8.50. The molecule has 0 radical (unpaired) electrons. The smallest absolute Gasteiger partial charge is 0.155 e. The molecule has 3 heteroatoms. The second-order valence-electron chi connectivity index (χ2n) is 10.2. The third-order valence-corrected chi connectivity index (χ3v) is 7.96. The Morgan fingerprint density at radius 3 is 2.26 bits per heavy atom. The summed E-state index contributed by atoms with van der Waals surface area (Å²) in [5.41, 5.74) is 6.85. The number of para-hydroxylation sites is 1. The van der Waals surface area contributed by atoms with Gasteiger partial charge in [0, 0.05) is 27.9 Å². The van der Waals surface area contributed by atoms with E-state index in [0.29, 0.717) is 0 Å². The standard InChI is InChI=1S/C36H25N3/c1-2-11-25(12-3-1)35-29-14-6-8-16-31(29)37-36(38-35)26-18-21-27(22-19-26)39-32-17-9-7-15-30(32)34-28-13-5-4-10-24(28)20-23-33(34)39/h1-23,29,35H. The predicted molar refractivity (Wildman–Crippen MR) is 163 cm³/mol. The largest absolute Gasteiger partial charge is 0.309 e. The first-order chi connectivity index (χ1) is 19.3. The molecule has 2 heterocycles. The van der Waals surface area contributed by atoms with Crippen LogP contribution in [0.25, 0.3) is 38.3 Å². The van der Waals surface area contributed by atoms with Gasteiger partial charge in [0.25, 0.3) is 0 Å². The first-order valence-electron chi connectivity index (χ1n) is 13.4. The summed E-state index contributed by atoms with van der Waals surface area (Å²) >= 11 is 0. The van der Waals surface area contributed by atoms with Crippen LogP contribution in [0.4, 0.5) is 0 Å². The van der Waals surface area contributed by atoms with Crippen LogP contribution >= 0.6 is 0 Å². The predicted octanol–water partition coefficient (Wildman–Crippen LogP) is 8.62. The fourth-order valence-electron chi connectivity index (χ4n) is 6.14. The topological polar surface area (TPSA) is 29.6 Å². The molecule has 2 atom stereocenters. The zero-order valence-electron chi connectivity index (χ0n) is 21.3. The fraction of sp³-hybridized carbons (Fsp3) is 0.0556. The molecule has 0 N–H and O–H groups in total. The molecule has 3 nitrogen and oxygen atoms in total. The average molecular weight is 500 g/mol. The Balaban J connectivity index is 1.26. The Morgan fingerprint density at radius 2 is 1.38 bits per heavy atom. The third kappa shape index (κ3) is 3.51. The monoisotopic (exact) mass is 499 g/mol. The summed E-state index contributed by atoms with van der Waals surface area (Å²) in [7, 11) is 0. The lowest BCUT2D eigenvalue weighted by molar-refractivity contribution is 0.641. The molecule has 39 heavy (non-hydrogen) atoms. The van der Waals surface area contributed by atoms with Crippen molar-refractivity contribution in [3.63, 3.8) is 0 Å². The van der Waals surface area contributed by atoms with Crippen LogP contribution in [-0.2, 0) is 0 Å². The minimum absolute atomic E-state index is 0.0141. The molecule has 184 valence electrons. The number of nitrogens with zero attached hydrogens (tertiary/aromatic N) is 3. The summed E-state index contributed by atoms with van der Waals surface area (Å²) in [6, 6.07) is 41.1. The van der Waals surface area contributed by atoms with Gasteiger partial charge >= 0.3 is 0 Å². The van der Waals surface area contributed by atoms with Gasteiger partial charge in [-0.25, -0.2) is 4.99 Å². The van der Waals surface area contributed by atoms with Crippen molar-refractivity contribution in [1.29, 1.82) is 0 Å². The molecule has 5 aromatic carbocycles. The van der Waals surface area contributed by atoms with E-state index in [1.807, 2.05) is 0 Å². The number of aliphatic imine (C=N–C) groups is 2. The molecule has 0 bridgehead atoms. The summed E-state index contributed by atoms with van der Waals surface area (Å²) in [6.45, 7) is 0. The highest BCUT2D eigenvalue weighted by Gasteiger charge is 2.30. The SMILES string of the molecule is C1=CC2=NC(c3ccc(-n4c5ccccc5c5c6ccccc6ccc54)cc3)=NC(c3ccccc3)C2C=C1. The lowest BCUT2D eigenvalue weighted by Gasteiger charge is -2.28. The van der Waals surface area contributed by atoms with E-state index in [0.717, 1.165) is 22.8 Å². The fourth-order valence-corrected chi connectivity index (χ4v) is 6.14. The maximum atomic E-state index is 5.17. The maximum absolute atomic E-state index is 5.17. The van der Waals surface area contributed by atoms with Gasteiger partial charge in [-0.05, 0) is 58.8 Å². The van der Waals surface area contributed by atoms with Crippen LogP contribution in [0, 0.1) is 5.92 Å². The molecule has 0 saturated carbocycles. The molecule has 1 aromatic heterocycles. The quantitative estimate of drug-likeness (QED) is 0.233. The number of benzene rings is 5. The molecule has 0 amide bonds. The van der Waals surface area contributed by atoms with E-state index in [4.69, 9.17) is 9.98 Å². The number of aromatic nitrogens is 1. The zero-order chi connectivity index (χ0) is 25.8. The van der Waals surface area contributed by atoms with Crippen molar-refractivity contribution in [1.82, 2.24) is 4.57 Å². The van der Waals surface area contributed by atoms with Crippen molar-refractivity contribution in [3.05, 3.63) is 151 Å². The van der Waals surface area contributed by atoms with E-state index < -0.39 is 0 Å². The molecule has 1 aliphatic heterocycles. The summed E-state index contributed by atoms with van der Waals surface area (Å²) < 4.78 is 2.37. The number of fused-ring (bicyclic) bond motifs is 6. The van der Waals surface area contributed by atoms with Gasteiger partial charge in [-0.1, -0.05) is 97.1 Å². The normalized spacial score (nSPS) is 18.4. The van der Waals surface area contributed by atoms with Gasteiger partial charge in [0.2, 0.25) is 0 Å². The number of amidine groups is 1. The Kier molecular flexibility index (Phi) is 4.95. The Labute approximate surface area is 226 Å². The molecule has 2 unspecified atom stereocenters. The Bertz CT molecular complexity index is 2000. The minimum atomic E-state index is 0.0141. The van der Waals surface area contributed by atoms with Crippen molar-refractivity contribution in [3.8, 4) is 5.69 Å². The van der Waals surface area contributed by atoms with Gasteiger partial charge in [-0.15, -0.1) is 0 Å². The number of rotatable bonds is 3. The number of hydrogen-bond donors (Lipinski definition) is 0. The van der Waals surface area contributed by atoms with Crippen LogP contribution in [0.2, 0.25) is 0 Å². The van der Waals surface area contributed by atoms with E-state index in [-0.39, 0.29) is 12.0 Å². The maximum Gasteiger partial charge on any atom is 0.155 e. The summed E-state index contributed by atoms with van der Waals surface area (Å²) in [5, 5.41) is 5.11. The van der Waals surface area contributed by atoms with Gasteiger partial charge < -0.3 is 4.57 Å². The van der Waals surface area contributed by atoms with Crippen molar-refractivity contribution in [2.75, 3.05) is 0 Å². The first kappa shape index (κ1) is 22.0. The van der Waals surface area contributed by atoms with Crippen molar-refractivity contribution >= 4 is 44.1 Å². The minimum Gasteiger partial charge on any atom is -0.309 e. The van der Waals surface area contributed by atoms with Crippen LogP contribution < -0.4 is 0 Å². The van der Waals surface area contributed by atoms with Gasteiger partial charge in [0.05, 0.1) is 22.8 Å². The molecular weight excluding hydrogens is 474 g/mol. The molecule has 0 saturated heterocycles. The van der Waals surface area contributed by atoms with E-state index in [1.165, 1.54) is 38.1 Å². The van der Waals surface area contributed by atoms with Crippen LogP contribution in [0.1, 0.15) is 17.2 Å². The molecule has 8 rings (SSSR count). The highest BCUT2D eigenvalue weighted by atomic mass is 15.0. The Hall–Kier alpha value is -5.02. The highest BCUT2D eigenvalue weighted by molar-refractivity contribution is 6.21. The van der Waals surface area contributed by atoms with Crippen LogP contribution in [-0.4, -0.2) is 16.1 Å². The van der Waals surface area contributed by atoms with E-state index >= 15 is 0 Å². The Morgan fingerprint density at radius 1 is 0.615 bits per heavy atom. The third-order valence-electron chi connectivity index (χ3n) is 7.96. The van der Waals surface area contributed by atoms with Crippen LogP contribution in [0.15, 0.2) is 150 Å². The van der Waals surface area contributed by atoms with Crippen LogP contribution in [0.5, 0.6) is 0 Å². The molecule has 2 aliphatic rings. The van der Waals surface area contributed by atoms with E-state index in [2.05, 4.69) is 144 Å². The lowest BCUT2D eigenvalue weighted by atomic mass is 9.85. The molecular formula is C36H25N3. The van der Waals surface area contributed by atoms with E-state index in [1.54, 1.807) is 0 Å². The molecule has 0 fully saturated rings. The lowest BCUT2D eigenvalue weighted by Crippen LogP contribution is -2.26. The highest BCUT2D eigenvalue weighted by Crippen LogP contribution is 2.37. The molecule has 1 aliphatic carbocycles. The first-order valence-corrected chi connectivity index (χ1v) is 13.4. The average Bonchev–Trinajstić information content (AvgIpc) is 3.36. The van der Waals surface area contributed by atoms with Crippen molar-refractivity contribution in [2.45, 2.75) is 6.04 Å². The van der Waals surface area contributed by atoms with Gasteiger partial charge in [0.1, 0.15) is 0 Å². The summed E-state index contributed by atoms with van der Waals surface area (Å²) in [4.78, 5) is 10.2. The second-order valence-corrected chi connectivity index (χ2v) is 10.2. The van der Waals surface area contributed by atoms with Gasteiger partial charge in [-0.3, -0.25) is 4.99 Å².